The highest BCUT2D eigenvalue weighted by Gasteiger charge is 2.11. The topological polar surface area (TPSA) is 62.2 Å². The van der Waals surface area contributed by atoms with Crippen molar-refractivity contribution in [3.8, 4) is 11.1 Å². The highest BCUT2D eigenvalue weighted by Crippen LogP contribution is 2.28. The third kappa shape index (κ3) is 1.96. The van der Waals surface area contributed by atoms with Crippen molar-refractivity contribution in [2.24, 2.45) is 0 Å². The molecule has 0 atom stereocenters. The summed E-state index contributed by atoms with van der Waals surface area (Å²) in [6.45, 7) is 0.728. The van der Waals surface area contributed by atoms with Gasteiger partial charge in [0.05, 0.1) is 5.52 Å². The third-order valence-corrected chi connectivity index (χ3v) is 4.49. The zero-order valence-electron chi connectivity index (χ0n) is 12.0. The molecule has 22 heavy (non-hydrogen) atoms. The summed E-state index contributed by atoms with van der Waals surface area (Å²) in [5.41, 5.74) is 4.70. The van der Waals surface area contributed by atoms with Crippen LogP contribution in [-0.4, -0.2) is 21.6 Å². The second-order valence-electron chi connectivity index (χ2n) is 5.17. The number of aromatic nitrogens is 3. The fourth-order valence-electron chi connectivity index (χ4n) is 2.81. The molecule has 0 saturated carbocycles. The van der Waals surface area contributed by atoms with E-state index < -0.39 is 0 Å². The number of nitrogens with zero attached hydrogens (tertiary/aromatic N) is 2. The van der Waals surface area contributed by atoms with Gasteiger partial charge in [0.1, 0.15) is 0 Å². The smallest absolute Gasteiger partial charge is 0.316 e. The number of benzene rings is 1. The van der Waals surface area contributed by atoms with Crippen LogP contribution in [0.5, 0.6) is 0 Å². The molecule has 0 radical (unpaired) electrons. The average molecular weight is 310 g/mol. The molecular weight excluding hydrogens is 296 g/mol. The van der Waals surface area contributed by atoms with Gasteiger partial charge in [-0.05, 0) is 52.7 Å². The summed E-state index contributed by atoms with van der Waals surface area (Å²) >= 11 is 1.66. The maximum Gasteiger partial charge on any atom is 0.348 e. The Morgan fingerprint density at radius 3 is 2.95 bits per heavy atom. The summed E-state index contributed by atoms with van der Waals surface area (Å²) in [5.74, 6) is 0. The van der Waals surface area contributed by atoms with E-state index in [-0.39, 0.29) is 5.69 Å². The molecule has 0 fully saturated rings. The van der Waals surface area contributed by atoms with Gasteiger partial charge in [-0.1, -0.05) is 12.1 Å². The number of fused-ring (bicyclic) bond motifs is 3. The van der Waals surface area contributed by atoms with Gasteiger partial charge in [0.25, 0.3) is 0 Å². The molecular formula is C16H14N4OS. The van der Waals surface area contributed by atoms with Crippen LogP contribution in [0.25, 0.3) is 27.7 Å². The van der Waals surface area contributed by atoms with Crippen molar-refractivity contribution < 1.29 is 0 Å². The van der Waals surface area contributed by atoms with E-state index in [1.165, 1.54) is 0 Å². The number of hydrogen-bond donors (Lipinski definition) is 2. The van der Waals surface area contributed by atoms with E-state index >= 15 is 0 Å². The van der Waals surface area contributed by atoms with E-state index in [0.717, 1.165) is 34.1 Å². The van der Waals surface area contributed by atoms with Gasteiger partial charge in [-0.15, -0.1) is 0 Å². The van der Waals surface area contributed by atoms with Crippen LogP contribution in [0, 0.1) is 0 Å². The number of H-pyrrole nitrogens is 1. The normalized spacial score (nSPS) is 11.5. The first-order chi connectivity index (χ1) is 10.8. The average Bonchev–Trinajstić information content (AvgIpc) is 3.17. The molecule has 4 rings (SSSR count). The number of nitrogens with one attached hydrogen (secondary N) is 2. The zero-order chi connectivity index (χ0) is 15.1. The van der Waals surface area contributed by atoms with Crippen LogP contribution in [0.2, 0.25) is 0 Å². The third-order valence-electron chi connectivity index (χ3n) is 3.81. The molecule has 2 N–H and O–H groups in total. The van der Waals surface area contributed by atoms with Gasteiger partial charge in [0.2, 0.25) is 0 Å². The van der Waals surface area contributed by atoms with Crippen molar-refractivity contribution >= 4 is 27.9 Å². The molecule has 110 valence electrons. The minimum atomic E-state index is -0.210. The highest BCUT2D eigenvalue weighted by molar-refractivity contribution is 7.08. The Hall–Kier alpha value is -2.44. The summed E-state index contributed by atoms with van der Waals surface area (Å²) in [7, 11) is 1.91. The van der Waals surface area contributed by atoms with E-state index in [0.29, 0.717) is 5.65 Å². The van der Waals surface area contributed by atoms with Crippen molar-refractivity contribution in [2.45, 2.75) is 6.54 Å². The van der Waals surface area contributed by atoms with Gasteiger partial charge in [-0.2, -0.15) is 16.4 Å². The first-order valence-corrected chi connectivity index (χ1v) is 7.92. The maximum atomic E-state index is 12.1. The van der Waals surface area contributed by atoms with E-state index in [1.54, 1.807) is 15.7 Å². The van der Waals surface area contributed by atoms with Gasteiger partial charge in [0, 0.05) is 11.9 Å². The number of hydrogen-bond acceptors (Lipinski definition) is 4. The second kappa shape index (κ2) is 5.08. The monoisotopic (exact) mass is 310 g/mol. The van der Waals surface area contributed by atoms with Gasteiger partial charge in [-0.25, -0.2) is 14.3 Å². The number of thiophene rings is 1. The molecule has 3 heterocycles. The first kappa shape index (κ1) is 13.2. The first-order valence-electron chi connectivity index (χ1n) is 6.98. The molecule has 0 bridgehead atoms. The lowest BCUT2D eigenvalue weighted by Crippen LogP contribution is -2.12. The lowest BCUT2D eigenvalue weighted by Gasteiger charge is -2.09. The lowest BCUT2D eigenvalue weighted by atomic mass is 10.0. The molecule has 0 unspecified atom stereocenters. The summed E-state index contributed by atoms with van der Waals surface area (Å²) in [6.07, 6.45) is 0. The number of rotatable bonds is 3. The van der Waals surface area contributed by atoms with Gasteiger partial charge in [-0.3, -0.25) is 0 Å². The van der Waals surface area contributed by atoms with Crippen molar-refractivity contribution in [1.82, 2.24) is 19.9 Å². The highest BCUT2D eigenvalue weighted by atomic mass is 32.1. The van der Waals surface area contributed by atoms with Crippen molar-refractivity contribution in [2.75, 3.05) is 7.05 Å². The summed E-state index contributed by atoms with van der Waals surface area (Å²) in [6, 6.07) is 10.3. The Labute approximate surface area is 130 Å². The van der Waals surface area contributed by atoms with Gasteiger partial charge >= 0.3 is 5.69 Å². The van der Waals surface area contributed by atoms with Crippen LogP contribution >= 0.6 is 11.3 Å². The summed E-state index contributed by atoms with van der Waals surface area (Å²) in [4.78, 5) is 12.1. The van der Waals surface area contributed by atoms with Crippen LogP contribution < -0.4 is 11.0 Å². The predicted octanol–water partition coefficient (Wildman–Crippen LogP) is 2.62. The predicted molar refractivity (Wildman–Crippen MR) is 89.4 cm³/mol. The largest absolute Gasteiger partial charge is 0.348 e. The van der Waals surface area contributed by atoms with Crippen LogP contribution in [-0.2, 0) is 6.54 Å². The molecule has 6 heteroatoms. The molecule has 0 aliphatic heterocycles. The maximum absolute atomic E-state index is 12.1. The van der Waals surface area contributed by atoms with E-state index in [4.69, 9.17) is 0 Å². The van der Waals surface area contributed by atoms with Gasteiger partial charge < -0.3 is 5.32 Å². The minimum Gasteiger partial charge on any atom is -0.316 e. The summed E-state index contributed by atoms with van der Waals surface area (Å²) < 4.78 is 1.63. The van der Waals surface area contributed by atoms with E-state index in [2.05, 4.69) is 50.5 Å². The molecule has 4 aromatic rings. The fourth-order valence-corrected chi connectivity index (χ4v) is 3.47. The molecule has 1 aromatic carbocycles. The van der Waals surface area contributed by atoms with Crippen LogP contribution in [0.1, 0.15) is 5.56 Å². The van der Waals surface area contributed by atoms with Crippen molar-refractivity contribution in [1.29, 1.82) is 0 Å². The lowest BCUT2D eigenvalue weighted by molar-refractivity contribution is 0.823. The van der Waals surface area contributed by atoms with Crippen molar-refractivity contribution in [3.05, 3.63) is 57.1 Å². The van der Waals surface area contributed by atoms with Crippen LogP contribution in [0.4, 0.5) is 0 Å². The SMILES string of the molecule is CNCc1cc2n[nH]c(=O)n2c2cc(-c3ccsc3)ccc12. The molecule has 5 nitrogen and oxygen atoms in total. The molecule has 0 aliphatic rings. The quantitative estimate of drug-likeness (QED) is 0.611. The minimum absolute atomic E-state index is 0.210. The Morgan fingerprint density at radius 1 is 1.27 bits per heavy atom. The molecule has 0 saturated heterocycles. The molecule has 0 spiro atoms. The Morgan fingerprint density at radius 2 is 2.18 bits per heavy atom. The van der Waals surface area contributed by atoms with E-state index in [9.17, 15) is 4.79 Å². The zero-order valence-corrected chi connectivity index (χ0v) is 12.8. The van der Waals surface area contributed by atoms with Gasteiger partial charge in [0.15, 0.2) is 5.65 Å². The van der Waals surface area contributed by atoms with Crippen LogP contribution in [0.15, 0.2) is 45.9 Å². The van der Waals surface area contributed by atoms with Crippen LogP contribution in [0.3, 0.4) is 0 Å². The molecule has 0 aliphatic carbocycles. The number of pyridine rings is 1. The fraction of sp³-hybridized carbons (Fsp3) is 0.125. The number of aromatic amines is 1. The Bertz CT molecular complexity index is 1010. The summed E-state index contributed by atoms with van der Waals surface area (Å²) in [5, 5.41) is 15.0. The standard InChI is InChI=1S/C16H14N4OS/c1-17-8-12-7-15-18-19-16(21)20(15)14-6-10(2-3-13(12)14)11-4-5-22-9-11/h2-7,9,17H,8H2,1H3,(H,19,21). The molecule has 3 aromatic heterocycles. The Kier molecular flexibility index (Phi) is 3.06. The second-order valence-corrected chi connectivity index (χ2v) is 5.95. The van der Waals surface area contributed by atoms with E-state index in [1.807, 2.05) is 13.1 Å². The Balaban J connectivity index is 2.10. The molecule has 0 amide bonds. The van der Waals surface area contributed by atoms with Crippen molar-refractivity contribution in [3.63, 3.8) is 0 Å².